The van der Waals surface area contributed by atoms with Crippen molar-refractivity contribution in [1.29, 1.82) is 0 Å². The summed E-state index contributed by atoms with van der Waals surface area (Å²) in [4.78, 5) is 20.7. The molecule has 5 heteroatoms. The van der Waals surface area contributed by atoms with E-state index in [1.165, 1.54) is 0 Å². The highest BCUT2D eigenvalue weighted by molar-refractivity contribution is 5.78. The van der Waals surface area contributed by atoms with Gasteiger partial charge in [0, 0.05) is 12.4 Å². The summed E-state index contributed by atoms with van der Waals surface area (Å²) in [6.45, 7) is 5.79. The van der Waals surface area contributed by atoms with Gasteiger partial charge in [-0.15, -0.1) is 0 Å². The third kappa shape index (κ3) is 6.42. The Labute approximate surface area is 82.7 Å². The van der Waals surface area contributed by atoms with E-state index < -0.39 is 24.5 Å². The number of carboxylic acid groups (broad SMARTS) is 2. The zero-order chi connectivity index (χ0) is 11.4. The van der Waals surface area contributed by atoms with E-state index in [0.29, 0.717) is 0 Å². The normalized spacial score (nSPS) is 13.6. The van der Waals surface area contributed by atoms with Crippen molar-refractivity contribution in [3.05, 3.63) is 0 Å². The van der Waals surface area contributed by atoms with E-state index in [2.05, 4.69) is 0 Å². The van der Waals surface area contributed by atoms with Crippen molar-refractivity contribution >= 4 is 11.9 Å². The van der Waals surface area contributed by atoms with Crippen molar-refractivity contribution in [3.63, 3.8) is 0 Å². The molecular weight excluding hydrogens is 188 g/mol. The molecule has 82 valence electrons. The number of ether oxygens (including phenoxy) is 1. The van der Waals surface area contributed by atoms with Gasteiger partial charge in [-0.25, -0.2) is 4.79 Å². The Morgan fingerprint density at radius 3 is 2.21 bits per heavy atom. The molecule has 0 bridgehead atoms. The highest BCUT2D eigenvalue weighted by Crippen LogP contribution is 2.14. The molecule has 0 fully saturated rings. The molecule has 0 amide bonds. The fourth-order valence-corrected chi connectivity index (χ4v) is 0.719. The van der Waals surface area contributed by atoms with Crippen molar-refractivity contribution < 1.29 is 24.5 Å². The molecule has 0 aromatic rings. The number of carbonyl (C=O) groups is 2. The third-order valence-corrected chi connectivity index (χ3v) is 1.35. The van der Waals surface area contributed by atoms with Gasteiger partial charge in [-0.1, -0.05) is 20.8 Å². The van der Waals surface area contributed by atoms with E-state index in [-0.39, 0.29) is 12.0 Å². The summed E-state index contributed by atoms with van der Waals surface area (Å²) in [5.41, 5.74) is -0.195. The van der Waals surface area contributed by atoms with Gasteiger partial charge in [-0.05, 0) is 5.41 Å². The second kappa shape index (κ2) is 4.95. The van der Waals surface area contributed by atoms with Crippen LogP contribution in [0, 0.1) is 5.41 Å². The average molecular weight is 203 g/mol. The predicted octanol–water partition coefficient (Wildman–Crippen LogP) is -0.358. The lowest BCUT2D eigenvalue weighted by Gasteiger charge is -2.21. The smallest absolute Gasteiger partial charge is 0.333 e. The summed E-state index contributed by atoms with van der Waals surface area (Å²) in [7, 11) is 0. The maximum absolute atomic E-state index is 10.5. The highest BCUT2D eigenvalue weighted by atomic mass is 16.5. The van der Waals surface area contributed by atoms with Crippen LogP contribution >= 0.6 is 0 Å². The first-order chi connectivity index (χ1) is 6.22. The lowest BCUT2D eigenvalue weighted by atomic mass is 9.98. The van der Waals surface area contributed by atoms with Gasteiger partial charge in [0.05, 0.1) is 6.61 Å². The van der Waals surface area contributed by atoms with Gasteiger partial charge in [-0.3, -0.25) is 0 Å². The topological polar surface area (TPSA) is 86.7 Å². The molecule has 0 rings (SSSR count). The molecule has 0 aliphatic carbocycles. The molecule has 0 aromatic carbocycles. The maximum Gasteiger partial charge on any atom is 0.333 e. The zero-order valence-corrected chi connectivity index (χ0v) is 8.57. The van der Waals surface area contributed by atoms with Gasteiger partial charge in [0.1, 0.15) is 0 Å². The van der Waals surface area contributed by atoms with Gasteiger partial charge >= 0.3 is 5.97 Å². The van der Waals surface area contributed by atoms with E-state index in [1.807, 2.05) is 20.8 Å². The van der Waals surface area contributed by atoms with Crippen LogP contribution in [-0.2, 0) is 14.3 Å². The third-order valence-electron chi connectivity index (χ3n) is 1.35. The minimum Gasteiger partial charge on any atom is -0.550 e. The predicted molar refractivity (Wildman–Crippen MR) is 46.5 cm³/mol. The lowest BCUT2D eigenvalue weighted by molar-refractivity contribution is -0.307. The second-order valence-electron chi connectivity index (χ2n) is 4.27. The van der Waals surface area contributed by atoms with Gasteiger partial charge in [0.25, 0.3) is 0 Å². The van der Waals surface area contributed by atoms with Crippen molar-refractivity contribution in [2.24, 2.45) is 5.41 Å². The van der Waals surface area contributed by atoms with Crippen LogP contribution in [-0.4, -0.2) is 29.8 Å². The van der Waals surface area contributed by atoms with Crippen LogP contribution in [0.2, 0.25) is 0 Å². The second-order valence-corrected chi connectivity index (χ2v) is 4.27. The molecule has 0 saturated heterocycles. The summed E-state index contributed by atoms with van der Waals surface area (Å²) in [5.74, 6) is -2.70. The molecule has 0 heterocycles. The first-order valence-electron chi connectivity index (χ1n) is 4.26. The Kier molecular flexibility index (Phi) is 4.56. The molecule has 1 N–H and O–H groups in total. The van der Waals surface area contributed by atoms with Gasteiger partial charge in [-0.2, -0.15) is 0 Å². The Bertz CT molecular complexity index is 216. The van der Waals surface area contributed by atoms with Crippen LogP contribution in [0.1, 0.15) is 27.2 Å². The molecular formula is C9H15O5-. The number of hydrogen-bond acceptors (Lipinski definition) is 4. The first kappa shape index (κ1) is 12.9. The fraction of sp³-hybridized carbons (Fsp3) is 0.778. The van der Waals surface area contributed by atoms with Crippen LogP contribution in [0.5, 0.6) is 0 Å². The number of aliphatic carboxylic acids is 2. The SMILES string of the molecule is CC(C)(C)COC(CC(=O)[O-])C(=O)O. The fourth-order valence-electron chi connectivity index (χ4n) is 0.719. The van der Waals surface area contributed by atoms with Crippen molar-refractivity contribution in [3.8, 4) is 0 Å². The molecule has 0 aliphatic heterocycles. The summed E-state index contributed by atoms with van der Waals surface area (Å²) in [5, 5.41) is 18.8. The molecule has 0 radical (unpaired) electrons. The molecule has 5 nitrogen and oxygen atoms in total. The van der Waals surface area contributed by atoms with Crippen LogP contribution in [0.25, 0.3) is 0 Å². The van der Waals surface area contributed by atoms with Crippen LogP contribution < -0.4 is 5.11 Å². The van der Waals surface area contributed by atoms with Crippen molar-refractivity contribution in [2.45, 2.75) is 33.3 Å². The summed E-state index contributed by atoms with van der Waals surface area (Å²) >= 11 is 0. The maximum atomic E-state index is 10.5. The lowest BCUT2D eigenvalue weighted by Crippen LogP contribution is -2.35. The minimum atomic E-state index is -1.42. The van der Waals surface area contributed by atoms with E-state index in [4.69, 9.17) is 9.84 Å². The van der Waals surface area contributed by atoms with E-state index in [0.717, 1.165) is 0 Å². The Morgan fingerprint density at radius 2 is 1.93 bits per heavy atom. The van der Waals surface area contributed by atoms with E-state index >= 15 is 0 Å². The largest absolute Gasteiger partial charge is 0.550 e. The van der Waals surface area contributed by atoms with Gasteiger partial charge in [0.2, 0.25) is 0 Å². The Morgan fingerprint density at radius 1 is 1.43 bits per heavy atom. The average Bonchev–Trinajstić information content (AvgIpc) is 1.94. The quantitative estimate of drug-likeness (QED) is 0.659. The van der Waals surface area contributed by atoms with Gasteiger partial charge < -0.3 is 19.7 Å². The Hall–Kier alpha value is -1.10. The first-order valence-corrected chi connectivity index (χ1v) is 4.26. The zero-order valence-electron chi connectivity index (χ0n) is 8.57. The van der Waals surface area contributed by atoms with Crippen LogP contribution in [0.4, 0.5) is 0 Å². The van der Waals surface area contributed by atoms with Crippen molar-refractivity contribution in [2.75, 3.05) is 6.61 Å². The molecule has 0 spiro atoms. The standard InChI is InChI=1S/C9H16O5/c1-9(2,3)5-14-6(8(12)13)4-7(10)11/h6H,4-5H2,1-3H3,(H,10,11)(H,12,13)/p-1. The highest BCUT2D eigenvalue weighted by Gasteiger charge is 2.21. The number of carbonyl (C=O) groups excluding carboxylic acids is 1. The summed E-state index contributed by atoms with van der Waals surface area (Å²) in [6.07, 6.45) is -1.94. The van der Waals surface area contributed by atoms with Crippen LogP contribution in [0.15, 0.2) is 0 Å². The monoisotopic (exact) mass is 203 g/mol. The van der Waals surface area contributed by atoms with Gasteiger partial charge in [0.15, 0.2) is 6.10 Å². The van der Waals surface area contributed by atoms with E-state index in [9.17, 15) is 14.7 Å². The molecule has 1 unspecified atom stereocenters. The van der Waals surface area contributed by atoms with Crippen molar-refractivity contribution in [1.82, 2.24) is 0 Å². The molecule has 0 aromatic heterocycles. The van der Waals surface area contributed by atoms with E-state index in [1.54, 1.807) is 0 Å². The molecule has 14 heavy (non-hydrogen) atoms. The molecule has 1 atom stereocenters. The molecule has 0 aliphatic rings. The summed E-state index contributed by atoms with van der Waals surface area (Å²) in [6, 6.07) is 0. The summed E-state index contributed by atoms with van der Waals surface area (Å²) < 4.78 is 4.96. The Balaban J connectivity index is 4.11. The van der Waals surface area contributed by atoms with Crippen LogP contribution in [0.3, 0.4) is 0 Å². The number of hydrogen-bond donors (Lipinski definition) is 1. The number of rotatable bonds is 5. The minimum absolute atomic E-state index is 0.192. The molecule has 0 saturated carbocycles. The number of carboxylic acids is 2.